The Labute approximate surface area is 204 Å². The van der Waals surface area contributed by atoms with Crippen LogP contribution in [0.4, 0.5) is 15.0 Å². The van der Waals surface area contributed by atoms with Gasteiger partial charge in [-0.05, 0) is 39.9 Å². The van der Waals surface area contributed by atoms with Crippen LogP contribution in [0.2, 0.25) is 5.15 Å². The van der Waals surface area contributed by atoms with Crippen molar-refractivity contribution in [1.29, 1.82) is 0 Å². The first kappa shape index (κ1) is 27.2. The molecule has 0 aliphatic carbocycles. The molecule has 184 valence electrons. The summed E-state index contributed by atoms with van der Waals surface area (Å²) in [5.74, 6) is 0.0361. The first-order valence-corrected chi connectivity index (χ1v) is 12.4. The van der Waals surface area contributed by atoms with Crippen molar-refractivity contribution in [2.45, 2.75) is 64.8 Å². The van der Waals surface area contributed by atoms with E-state index in [4.69, 9.17) is 21.1 Å². The number of thioether (sulfide) groups is 1. The molecule has 11 heteroatoms. The third-order valence-corrected chi connectivity index (χ3v) is 5.86. The third kappa shape index (κ3) is 7.20. The van der Waals surface area contributed by atoms with E-state index in [9.17, 15) is 9.18 Å². The van der Waals surface area contributed by atoms with Crippen molar-refractivity contribution in [2.24, 2.45) is 5.92 Å². The number of aromatic nitrogens is 3. The SMILES string of the molecule is CCC(C)C(C)Oc1nc(Cl)c(F)c2nc(SC)nc(NCCN(C)C(=O)OC(C)(C)C)c12. The van der Waals surface area contributed by atoms with Crippen molar-refractivity contribution >= 4 is 46.2 Å². The number of likely N-dealkylation sites (N-methyl/N-ethyl adjacent to an activating group) is 1. The van der Waals surface area contributed by atoms with Crippen LogP contribution < -0.4 is 10.1 Å². The van der Waals surface area contributed by atoms with Crippen LogP contribution in [0.5, 0.6) is 5.88 Å². The lowest BCUT2D eigenvalue weighted by Gasteiger charge is -2.25. The normalized spacial score (nSPS) is 13.5. The van der Waals surface area contributed by atoms with E-state index in [1.165, 1.54) is 16.7 Å². The second kappa shape index (κ2) is 11.4. The standard InChI is InChI=1S/C22H33ClFN5O3S/c1-9-12(2)13(3)31-19-14-16(15(24)17(23)27-19)26-20(33-8)28-18(14)25-10-11-29(7)21(30)32-22(4,5)6/h12-13H,9-11H2,1-8H3,(H,25,26,28). The number of nitrogens with zero attached hydrogens (tertiary/aromatic N) is 4. The molecule has 1 amide bonds. The van der Waals surface area contributed by atoms with E-state index in [0.29, 0.717) is 29.5 Å². The highest BCUT2D eigenvalue weighted by Crippen LogP contribution is 2.35. The summed E-state index contributed by atoms with van der Waals surface area (Å²) in [4.78, 5) is 26.6. The maximum atomic E-state index is 14.9. The zero-order valence-electron chi connectivity index (χ0n) is 20.5. The molecular formula is C22H33ClFN5O3S. The average Bonchev–Trinajstić information content (AvgIpc) is 2.74. The smallest absolute Gasteiger partial charge is 0.410 e. The fraction of sp³-hybridized carbons (Fsp3) is 0.636. The lowest BCUT2D eigenvalue weighted by molar-refractivity contribution is 0.0305. The van der Waals surface area contributed by atoms with Crippen LogP contribution in [0.3, 0.4) is 0 Å². The number of ether oxygens (including phenoxy) is 2. The van der Waals surface area contributed by atoms with Gasteiger partial charge in [-0.25, -0.2) is 19.2 Å². The summed E-state index contributed by atoms with van der Waals surface area (Å²) in [5, 5.41) is 3.54. The molecule has 2 aromatic heterocycles. The Morgan fingerprint density at radius 1 is 1.27 bits per heavy atom. The number of pyridine rings is 1. The van der Waals surface area contributed by atoms with Crippen LogP contribution in [0, 0.1) is 11.7 Å². The highest BCUT2D eigenvalue weighted by atomic mass is 35.5. The van der Waals surface area contributed by atoms with Gasteiger partial charge in [0.05, 0.1) is 0 Å². The number of carbonyl (C=O) groups is 1. The number of anilines is 1. The predicted molar refractivity (Wildman–Crippen MR) is 131 cm³/mol. The van der Waals surface area contributed by atoms with Gasteiger partial charge in [0.25, 0.3) is 0 Å². The van der Waals surface area contributed by atoms with Crippen LogP contribution in [0.25, 0.3) is 10.9 Å². The molecule has 0 aromatic carbocycles. The van der Waals surface area contributed by atoms with E-state index >= 15 is 0 Å². The Kier molecular flexibility index (Phi) is 9.37. The Hall–Kier alpha value is -2.07. The van der Waals surface area contributed by atoms with Crippen LogP contribution in [0.15, 0.2) is 5.16 Å². The highest BCUT2D eigenvalue weighted by molar-refractivity contribution is 7.98. The van der Waals surface area contributed by atoms with Gasteiger partial charge in [-0.2, -0.15) is 4.98 Å². The molecule has 2 atom stereocenters. The fourth-order valence-corrected chi connectivity index (χ4v) is 3.33. The van der Waals surface area contributed by atoms with E-state index in [1.54, 1.807) is 13.3 Å². The molecule has 0 spiro atoms. The fourth-order valence-electron chi connectivity index (χ4n) is 2.80. The number of hydrogen-bond acceptors (Lipinski definition) is 8. The van der Waals surface area contributed by atoms with Gasteiger partial charge in [-0.15, -0.1) is 0 Å². The van der Waals surface area contributed by atoms with Crippen molar-refractivity contribution in [3.63, 3.8) is 0 Å². The largest absolute Gasteiger partial charge is 0.474 e. The minimum atomic E-state index is -0.734. The minimum Gasteiger partial charge on any atom is -0.474 e. The van der Waals surface area contributed by atoms with Crippen LogP contribution in [-0.4, -0.2) is 64.0 Å². The number of nitrogens with one attached hydrogen (secondary N) is 1. The number of hydrogen-bond donors (Lipinski definition) is 1. The molecule has 0 fully saturated rings. The number of fused-ring (bicyclic) bond motifs is 1. The Balaban J connectivity index is 2.38. The molecule has 2 heterocycles. The van der Waals surface area contributed by atoms with Gasteiger partial charge in [0.2, 0.25) is 5.88 Å². The summed E-state index contributed by atoms with van der Waals surface area (Å²) in [6, 6.07) is 0. The molecule has 1 N–H and O–H groups in total. The first-order chi connectivity index (χ1) is 15.4. The van der Waals surface area contributed by atoms with Crippen molar-refractivity contribution in [1.82, 2.24) is 19.9 Å². The summed E-state index contributed by atoms with van der Waals surface area (Å²) in [6.07, 6.45) is 2.08. The molecule has 2 aromatic rings. The summed E-state index contributed by atoms with van der Waals surface area (Å²) < 4.78 is 26.4. The second-order valence-corrected chi connectivity index (χ2v) is 9.97. The number of halogens is 2. The highest BCUT2D eigenvalue weighted by Gasteiger charge is 2.24. The third-order valence-electron chi connectivity index (χ3n) is 5.06. The summed E-state index contributed by atoms with van der Waals surface area (Å²) in [7, 11) is 1.64. The van der Waals surface area contributed by atoms with Gasteiger partial charge in [0.15, 0.2) is 16.1 Å². The zero-order valence-corrected chi connectivity index (χ0v) is 22.0. The van der Waals surface area contributed by atoms with Crippen molar-refractivity contribution in [3.8, 4) is 5.88 Å². The molecule has 0 saturated carbocycles. The van der Waals surface area contributed by atoms with Crippen molar-refractivity contribution < 1.29 is 18.7 Å². The predicted octanol–water partition coefficient (Wildman–Crippen LogP) is 5.63. The number of amides is 1. The number of rotatable bonds is 9. The molecule has 0 saturated heterocycles. The first-order valence-electron chi connectivity index (χ1n) is 10.8. The Morgan fingerprint density at radius 2 is 1.94 bits per heavy atom. The minimum absolute atomic E-state index is 0.0312. The molecule has 0 radical (unpaired) electrons. The molecule has 0 bridgehead atoms. The van der Waals surface area contributed by atoms with Gasteiger partial charge in [0.1, 0.15) is 28.4 Å². The average molecular weight is 502 g/mol. The summed E-state index contributed by atoms with van der Waals surface area (Å²) in [5.41, 5.74) is -0.556. The molecule has 0 aliphatic heterocycles. The lowest BCUT2D eigenvalue weighted by atomic mass is 10.0. The summed E-state index contributed by atoms with van der Waals surface area (Å²) in [6.45, 7) is 12.1. The van der Waals surface area contributed by atoms with Gasteiger partial charge in [0, 0.05) is 20.1 Å². The van der Waals surface area contributed by atoms with Gasteiger partial charge >= 0.3 is 6.09 Å². The number of carbonyl (C=O) groups excluding carboxylic acids is 1. The topological polar surface area (TPSA) is 89.5 Å². The monoisotopic (exact) mass is 501 g/mol. The molecule has 0 aliphatic rings. The van der Waals surface area contributed by atoms with Gasteiger partial charge < -0.3 is 19.7 Å². The lowest BCUT2D eigenvalue weighted by Crippen LogP contribution is -2.36. The molecule has 2 unspecified atom stereocenters. The Morgan fingerprint density at radius 3 is 2.52 bits per heavy atom. The maximum Gasteiger partial charge on any atom is 0.410 e. The van der Waals surface area contributed by atoms with E-state index in [1.807, 2.05) is 27.7 Å². The van der Waals surface area contributed by atoms with E-state index in [2.05, 4.69) is 34.1 Å². The molecule has 2 rings (SSSR count). The van der Waals surface area contributed by atoms with Crippen molar-refractivity contribution in [2.75, 3.05) is 31.7 Å². The van der Waals surface area contributed by atoms with E-state index < -0.39 is 17.5 Å². The summed E-state index contributed by atoms with van der Waals surface area (Å²) >= 11 is 7.33. The zero-order chi connectivity index (χ0) is 24.9. The van der Waals surface area contributed by atoms with Gasteiger partial charge in [-0.3, -0.25) is 0 Å². The quantitative estimate of drug-likeness (QED) is 0.268. The van der Waals surface area contributed by atoms with Crippen LogP contribution in [0.1, 0.15) is 48.0 Å². The molecular weight excluding hydrogens is 469 g/mol. The molecule has 33 heavy (non-hydrogen) atoms. The Bertz CT molecular complexity index is 989. The second-order valence-electron chi connectivity index (χ2n) is 8.84. The van der Waals surface area contributed by atoms with Gasteiger partial charge in [-0.1, -0.05) is 43.6 Å². The van der Waals surface area contributed by atoms with E-state index in [0.717, 1.165) is 6.42 Å². The van der Waals surface area contributed by atoms with E-state index in [-0.39, 0.29) is 28.6 Å². The maximum absolute atomic E-state index is 14.9. The van der Waals surface area contributed by atoms with Crippen LogP contribution >= 0.6 is 23.4 Å². The molecule has 8 nitrogen and oxygen atoms in total. The van der Waals surface area contributed by atoms with Crippen LogP contribution in [-0.2, 0) is 4.74 Å². The van der Waals surface area contributed by atoms with Crippen molar-refractivity contribution in [3.05, 3.63) is 11.0 Å².